The molecule has 0 aliphatic heterocycles. The van der Waals surface area contributed by atoms with Gasteiger partial charge in [-0.25, -0.2) is 13.4 Å². The molecule has 0 radical (unpaired) electrons. The molecular weight excluding hydrogens is 364 g/mol. The Morgan fingerprint density at radius 2 is 1.81 bits per heavy atom. The molecule has 1 atom stereocenters. The number of sulfonamides is 1. The van der Waals surface area contributed by atoms with Gasteiger partial charge < -0.3 is 0 Å². The van der Waals surface area contributed by atoms with Crippen LogP contribution >= 0.6 is 11.3 Å². The van der Waals surface area contributed by atoms with Gasteiger partial charge in [-0.05, 0) is 68.0 Å². The number of benzene rings is 2. The fourth-order valence-corrected chi connectivity index (χ4v) is 5.98. The number of para-hydroxylation sites is 1. The third-order valence-electron chi connectivity index (χ3n) is 5.21. The van der Waals surface area contributed by atoms with Crippen LogP contribution in [0.5, 0.6) is 0 Å². The van der Waals surface area contributed by atoms with Gasteiger partial charge in [0.05, 0.1) is 21.2 Å². The van der Waals surface area contributed by atoms with Crippen molar-refractivity contribution in [3.63, 3.8) is 0 Å². The fraction of sp³-hybridized carbons (Fsp3) is 0.350. The maximum absolute atomic E-state index is 13.2. The molecule has 136 valence electrons. The number of hydrogen-bond donors (Lipinski definition) is 0. The van der Waals surface area contributed by atoms with Crippen molar-refractivity contribution in [1.29, 1.82) is 0 Å². The molecule has 1 aliphatic carbocycles. The number of aryl methyl sites for hydroxylation is 2. The summed E-state index contributed by atoms with van der Waals surface area (Å²) in [5.74, 6) is 0. The van der Waals surface area contributed by atoms with E-state index in [1.54, 1.807) is 24.5 Å². The van der Waals surface area contributed by atoms with E-state index in [1.165, 1.54) is 21.9 Å². The van der Waals surface area contributed by atoms with Crippen LogP contribution in [0.2, 0.25) is 0 Å². The zero-order valence-electron chi connectivity index (χ0n) is 15.0. The predicted octanol–water partition coefficient (Wildman–Crippen LogP) is 4.56. The summed E-state index contributed by atoms with van der Waals surface area (Å²) in [4.78, 5) is 5.01. The number of nitrogens with zero attached hydrogens (tertiary/aromatic N) is 2. The first-order valence-corrected chi connectivity index (χ1v) is 11.2. The van der Waals surface area contributed by atoms with E-state index in [1.807, 2.05) is 43.3 Å². The molecular formula is C20H22N2O2S2. The zero-order valence-corrected chi connectivity index (χ0v) is 16.6. The molecule has 0 saturated carbocycles. The predicted molar refractivity (Wildman–Crippen MR) is 106 cm³/mol. The maximum atomic E-state index is 13.2. The van der Waals surface area contributed by atoms with E-state index in [-0.39, 0.29) is 6.04 Å². The topological polar surface area (TPSA) is 50.3 Å². The second-order valence-corrected chi connectivity index (χ2v) is 9.91. The molecule has 2 aromatic carbocycles. The Bertz CT molecular complexity index is 1020. The van der Waals surface area contributed by atoms with Crippen LogP contribution in [-0.4, -0.2) is 24.8 Å². The summed E-state index contributed by atoms with van der Waals surface area (Å²) in [5.41, 5.74) is 3.38. The summed E-state index contributed by atoms with van der Waals surface area (Å²) in [7, 11) is -1.91. The molecule has 26 heavy (non-hydrogen) atoms. The largest absolute Gasteiger partial charge is 0.243 e. The molecule has 0 N–H and O–H groups in total. The molecule has 0 fully saturated rings. The van der Waals surface area contributed by atoms with E-state index in [4.69, 9.17) is 0 Å². The van der Waals surface area contributed by atoms with E-state index in [0.29, 0.717) is 4.90 Å². The standard InChI is InChI=1S/C20H22N2O2S2/c1-14(20-21-18-9-5-6-10-19(18)25-20)22(2)26(23,24)17-12-11-15-7-3-4-8-16(15)13-17/h5-6,9-14H,3-4,7-8H2,1-2H3/t14-/m1/s1. The van der Waals surface area contributed by atoms with Crippen molar-refractivity contribution in [2.45, 2.75) is 43.5 Å². The van der Waals surface area contributed by atoms with E-state index >= 15 is 0 Å². The van der Waals surface area contributed by atoms with Gasteiger partial charge in [-0.1, -0.05) is 18.2 Å². The van der Waals surface area contributed by atoms with Crippen LogP contribution in [0, 0.1) is 0 Å². The maximum Gasteiger partial charge on any atom is 0.243 e. The highest BCUT2D eigenvalue weighted by Crippen LogP contribution is 2.32. The van der Waals surface area contributed by atoms with Crippen LogP contribution in [-0.2, 0) is 22.9 Å². The van der Waals surface area contributed by atoms with Gasteiger partial charge in [0.2, 0.25) is 10.0 Å². The lowest BCUT2D eigenvalue weighted by atomic mass is 9.92. The van der Waals surface area contributed by atoms with Gasteiger partial charge in [0.1, 0.15) is 5.01 Å². The van der Waals surface area contributed by atoms with Crippen molar-refractivity contribution in [1.82, 2.24) is 9.29 Å². The van der Waals surface area contributed by atoms with Crippen molar-refractivity contribution in [3.8, 4) is 0 Å². The molecule has 0 unspecified atom stereocenters. The van der Waals surface area contributed by atoms with Crippen molar-refractivity contribution in [2.75, 3.05) is 7.05 Å². The van der Waals surface area contributed by atoms with E-state index in [2.05, 4.69) is 4.98 Å². The average Bonchev–Trinajstić information content (AvgIpc) is 3.10. The van der Waals surface area contributed by atoms with Crippen LogP contribution in [0.1, 0.15) is 41.9 Å². The Kier molecular flexibility index (Phi) is 4.59. The molecule has 0 spiro atoms. The Morgan fingerprint density at radius 3 is 2.58 bits per heavy atom. The first-order valence-electron chi connectivity index (χ1n) is 8.92. The fourth-order valence-electron chi connectivity index (χ4n) is 3.47. The van der Waals surface area contributed by atoms with Gasteiger partial charge >= 0.3 is 0 Å². The van der Waals surface area contributed by atoms with Crippen LogP contribution in [0.25, 0.3) is 10.2 Å². The van der Waals surface area contributed by atoms with Crippen molar-refractivity contribution < 1.29 is 8.42 Å². The highest BCUT2D eigenvalue weighted by Gasteiger charge is 2.29. The Labute approximate surface area is 158 Å². The zero-order chi connectivity index (χ0) is 18.3. The first kappa shape index (κ1) is 17.6. The Balaban J connectivity index is 1.66. The van der Waals surface area contributed by atoms with Crippen LogP contribution < -0.4 is 0 Å². The molecule has 4 rings (SSSR count). The van der Waals surface area contributed by atoms with Crippen LogP contribution in [0.15, 0.2) is 47.4 Å². The minimum atomic E-state index is -3.56. The Morgan fingerprint density at radius 1 is 1.08 bits per heavy atom. The first-order chi connectivity index (χ1) is 12.5. The monoisotopic (exact) mass is 386 g/mol. The highest BCUT2D eigenvalue weighted by molar-refractivity contribution is 7.89. The summed E-state index contributed by atoms with van der Waals surface area (Å²) < 4.78 is 28.8. The van der Waals surface area contributed by atoms with Gasteiger partial charge in [0, 0.05) is 7.05 Å². The summed E-state index contributed by atoms with van der Waals surface area (Å²) >= 11 is 1.55. The molecule has 1 aliphatic rings. The molecule has 1 aromatic heterocycles. The lowest BCUT2D eigenvalue weighted by Crippen LogP contribution is -2.30. The van der Waals surface area contributed by atoms with Crippen molar-refractivity contribution >= 4 is 31.6 Å². The van der Waals surface area contributed by atoms with Crippen molar-refractivity contribution in [3.05, 3.63) is 58.6 Å². The molecule has 4 nitrogen and oxygen atoms in total. The second-order valence-electron chi connectivity index (χ2n) is 6.85. The van der Waals surface area contributed by atoms with E-state index in [9.17, 15) is 8.42 Å². The third kappa shape index (κ3) is 3.06. The number of aromatic nitrogens is 1. The van der Waals surface area contributed by atoms with E-state index in [0.717, 1.165) is 34.5 Å². The smallest absolute Gasteiger partial charge is 0.239 e. The number of thiazole rings is 1. The lowest BCUT2D eigenvalue weighted by Gasteiger charge is -2.24. The normalized spacial score (nSPS) is 16.0. The second kappa shape index (κ2) is 6.76. The van der Waals surface area contributed by atoms with Gasteiger partial charge in [-0.3, -0.25) is 0 Å². The summed E-state index contributed by atoms with van der Waals surface area (Å²) in [5, 5.41) is 0.815. The molecule has 0 amide bonds. The molecule has 6 heteroatoms. The van der Waals surface area contributed by atoms with Crippen LogP contribution in [0.4, 0.5) is 0 Å². The summed E-state index contributed by atoms with van der Waals surface area (Å²) in [6, 6.07) is 13.2. The van der Waals surface area contributed by atoms with Gasteiger partial charge in [0.25, 0.3) is 0 Å². The Hall–Kier alpha value is -1.76. The highest BCUT2D eigenvalue weighted by atomic mass is 32.2. The molecule has 1 heterocycles. The van der Waals surface area contributed by atoms with Crippen molar-refractivity contribution in [2.24, 2.45) is 0 Å². The quantitative estimate of drug-likeness (QED) is 0.661. The average molecular weight is 387 g/mol. The number of rotatable bonds is 4. The van der Waals surface area contributed by atoms with Gasteiger partial charge in [0.15, 0.2) is 0 Å². The van der Waals surface area contributed by atoms with E-state index < -0.39 is 10.0 Å². The van der Waals surface area contributed by atoms with Gasteiger partial charge in [-0.2, -0.15) is 4.31 Å². The molecule has 3 aromatic rings. The summed E-state index contributed by atoms with van der Waals surface area (Å²) in [6.45, 7) is 1.90. The van der Waals surface area contributed by atoms with Gasteiger partial charge in [-0.15, -0.1) is 11.3 Å². The number of fused-ring (bicyclic) bond motifs is 2. The molecule has 0 saturated heterocycles. The minimum Gasteiger partial charge on any atom is -0.239 e. The summed E-state index contributed by atoms with van der Waals surface area (Å²) in [6.07, 6.45) is 4.34. The minimum absolute atomic E-state index is 0.312. The lowest BCUT2D eigenvalue weighted by molar-refractivity contribution is 0.397. The van der Waals surface area contributed by atoms with Crippen LogP contribution in [0.3, 0.4) is 0 Å². The molecule has 0 bridgehead atoms. The number of hydrogen-bond acceptors (Lipinski definition) is 4. The SMILES string of the molecule is C[C@H](c1nc2ccccc2s1)N(C)S(=O)(=O)c1ccc2c(c1)CCCC2. The third-order valence-corrected chi connectivity index (χ3v) is 8.34.